The number of aromatic nitrogens is 3. The van der Waals surface area contributed by atoms with Crippen molar-refractivity contribution >= 4 is 28.9 Å². The highest BCUT2D eigenvalue weighted by Crippen LogP contribution is 2.09. The third kappa shape index (κ3) is 2.89. The minimum absolute atomic E-state index is 0.0266. The first-order chi connectivity index (χ1) is 8.95. The number of amides is 1. The molecule has 0 aliphatic heterocycles. The SMILES string of the molecule is Nc1nc2[nH]c(CC(=O)NCC(=O)O)cc2c(=O)[nH]1. The van der Waals surface area contributed by atoms with Crippen LogP contribution in [0.4, 0.5) is 5.95 Å². The second kappa shape index (κ2) is 4.80. The van der Waals surface area contributed by atoms with Crippen LogP contribution in [0.1, 0.15) is 5.69 Å². The summed E-state index contributed by atoms with van der Waals surface area (Å²) in [5.41, 5.74) is 5.70. The van der Waals surface area contributed by atoms with Crippen molar-refractivity contribution in [2.24, 2.45) is 0 Å². The first-order valence-electron chi connectivity index (χ1n) is 5.31. The van der Waals surface area contributed by atoms with Crippen LogP contribution in [0.3, 0.4) is 0 Å². The second-order valence-corrected chi connectivity index (χ2v) is 3.86. The normalized spacial score (nSPS) is 10.5. The highest BCUT2D eigenvalue weighted by Gasteiger charge is 2.10. The van der Waals surface area contributed by atoms with E-state index in [9.17, 15) is 14.4 Å². The molecule has 0 atom stereocenters. The lowest BCUT2D eigenvalue weighted by Crippen LogP contribution is -2.30. The fourth-order valence-corrected chi connectivity index (χ4v) is 1.60. The van der Waals surface area contributed by atoms with Gasteiger partial charge in [-0.1, -0.05) is 0 Å². The number of hydrogen-bond donors (Lipinski definition) is 5. The van der Waals surface area contributed by atoms with E-state index in [4.69, 9.17) is 10.8 Å². The van der Waals surface area contributed by atoms with Gasteiger partial charge < -0.3 is 21.1 Å². The standard InChI is InChI=1S/C10H11N5O4/c11-10-14-8-5(9(19)15-10)1-4(13-8)2-6(16)12-3-7(17)18/h1H,2-3H2,(H,12,16)(H,17,18)(H4,11,13,14,15,19). The molecule has 2 rings (SSSR count). The van der Waals surface area contributed by atoms with E-state index in [0.717, 1.165) is 0 Å². The monoisotopic (exact) mass is 265 g/mol. The van der Waals surface area contributed by atoms with E-state index < -0.39 is 24.0 Å². The summed E-state index contributed by atoms with van der Waals surface area (Å²) in [6.45, 7) is -0.454. The van der Waals surface area contributed by atoms with Crippen molar-refractivity contribution in [3.8, 4) is 0 Å². The molecule has 6 N–H and O–H groups in total. The maximum Gasteiger partial charge on any atom is 0.322 e. The zero-order valence-electron chi connectivity index (χ0n) is 9.69. The lowest BCUT2D eigenvalue weighted by Gasteiger charge is -1.99. The van der Waals surface area contributed by atoms with E-state index in [1.807, 2.05) is 0 Å². The largest absolute Gasteiger partial charge is 0.480 e. The predicted molar refractivity (Wildman–Crippen MR) is 65.5 cm³/mol. The van der Waals surface area contributed by atoms with Gasteiger partial charge in [0.2, 0.25) is 11.9 Å². The Balaban J connectivity index is 2.18. The fourth-order valence-electron chi connectivity index (χ4n) is 1.60. The topological polar surface area (TPSA) is 154 Å². The smallest absolute Gasteiger partial charge is 0.322 e. The number of carbonyl (C=O) groups excluding carboxylic acids is 1. The molecule has 0 aromatic carbocycles. The van der Waals surface area contributed by atoms with Crippen molar-refractivity contribution in [2.45, 2.75) is 6.42 Å². The third-order valence-electron chi connectivity index (χ3n) is 2.36. The number of anilines is 1. The third-order valence-corrected chi connectivity index (χ3v) is 2.36. The second-order valence-electron chi connectivity index (χ2n) is 3.86. The van der Waals surface area contributed by atoms with E-state index in [-0.39, 0.29) is 23.4 Å². The number of carboxylic acid groups (broad SMARTS) is 1. The number of aromatic amines is 2. The fraction of sp³-hybridized carbons (Fsp3) is 0.200. The molecule has 0 aliphatic rings. The van der Waals surface area contributed by atoms with Gasteiger partial charge in [0.25, 0.3) is 5.56 Å². The number of fused-ring (bicyclic) bond motifs is 1. The summed E-state index contributed by atoms with van der Waals surface area (Å²) in [6, 6.07) is 1.47. The molecule has 0 aliphatic carbocycles. The summed E-state index contributed by atoms with van der Waals surface area (Å²) in [4.78, 5) is 42.2. The molecule has 0 radical (unpaired) electrons. The van der Waals surface area contributed by atoms with Gasteiger partial charge in [0, 0.05) is 5.69 Å². The number of H-pyrrole nitrogens is 2. The lowest BCUT2D eigenvalue weighted by atomic mass is 10.3. The number of aliphatic carboxylic acids is 1. The van der Waals surface area contributed by atoms with Gasteiger partial charge in [-0.3, -0.25) is 19.4 Å². The first kappa shape index (κ1) is 12.6. The van der Waals surface area contributed by atoms with E-state index in [1.165, 1.54) is 6.07 Å². The van der Waals surface area contributed by atoms with Crippen molar-refractivity contribution in [3.63, 3.8) is 0 Å². The van der Waals surface area contributed by atoms with Crippen molar-refractivity contribution in [1.29, 1.82) is 0 Å². The molecule has 0 fully saturated rings. The van der Waals surface area contributed by atoms with Gasteiger partial charge in [-0.25, -0.2) is 0 Å². The minimum atomic E-state index is -1.13. The highest BCUT2D eigenvalue weighted by molar-refractivity contribution is 5.84. The molecule has 1 amide bonds. The molecule has 2 aromatic heterocycles. The predicted octanol–water partition coefficient (Wildman–Crippen LogP) is -1.42. The van der Waals surface area contributed by atoms with Gasteiger partial charge in [-0.2, -0.15) is 4.98 Å². The molecular formula is C10H11N5O4. The van der Waals surface area contributed by atoms with Crippen LogP contribution in [0.15, 0.2) is 10.9 Å². The number of carbonyl (C=O) groups is 2. The summed E-state index contributed by atoms with van der Waals surface area (Å²) in [6.07, 6.45) is -0.0804. The average Bonchev–Trinajstić information content (AvgIpc) is 2.69. The average molecular weight is 265 g/mol. The Kier molecular flexibility index (Phi) is 3.19. The van der Waals surface area contributed by atoms with Crippen LogP contribution in [0, 0.1) is 0 Å². The summed E-state index contributed by atoms with van der Waals surface area (Å²) in [5.74, 6) is -1.63. The zero-order chi connectivity index (χ0) is 14.0. The molecule has 0 spiro atoms. The Bertz CT molecular complexity index is 701. The van der Waals surface area contributed by atoms with Crippen molar-refractivity contribution in [3.05, 3.63) is 22.1 Å². The van der Waals surface area contributed by atoms with E-state index in [0.29, 0.717) is 5.69 Å². The van der Waals surface area contributed by atoms with Gasteiger partial charge in [0.15, 0.2) is 0 Å². The summed E-state index contributed by atoms with van der Waals surface area (Å²) < 4.78 is 0. The number of nitrogens with one attached hydrogen (secondary N) is 3. The Morgan fingerprint density at radius 2 is 2.16 bits per heavy atom. The number of nitrogens with two attached hydrogens (primary N) is 1. The zero-order valence-corrected chi connectivity index (χ0v) is 9.69. The summed E-state index contributed by atoms with van der Waals surface area (Å²) in [7, 11) is 0. The van der Waals surface area contributed by atoms with Crippen LogP contribution in [0.5, 0.6) is 0 Å². The van der Waals surface area contributed by atoms with Crippen molar-refractivity contribution in [1.82, 2.24) is 20.3 Å². The molecular weight excluding hydrogens is 254 g/mol. The van der Waals surface area contributed by atoms with E-state index in [1.54, 1.807) is 0 Å². The van der Waals surface area contributed by atoms with E-state index >= 15 is 0 Å². The molecule has 9 heteroatoms. The molecule has 0 saturated heterocycles. The Hall–Kier alpha value is -2.84. The number of nitrogen functional groups attached to an aromatic ring is 1. The van der Waals surface area contributed by atoms with Crippen LogP contribution in [0.25, 0.3) is 11.0 Å². The molecule has 100 valence electrons. The van der Waals surface area contributed by atoms with Crippen LogP contribution >= 0.6 is 0 Å². The quantitative estimate of drug-likeness (QED) is 0.457. The Morgan fingerprint density at radius 3 is 2.84 bits per heavy atom. The molecule has 2 aromatic rings. The molecule has 2 heterocycles. The number of hydrogen-bond acceptors (Lipinski definition) is 5. The summed E-state index contributed by atoms with van der Waals surface area (Å²) >= 11 is 0. The van der Waals surface area contributed by atoms with Gasteiger partial charge in [0.1, 0.15) is 12.2 Å². The van der Waals surface area contributed by atoms with Crippen molar-refractivity contribution < 1.29 is 14.7 Å². The van der Waals surface area contributed by atoms with Crippen LogP contribution in [0.2, 0.25) is 0 Å². The maximum atomic E-state index is 11.5. The first-order valence-corrected chi connectivity index (χ1v) is 5.31. The number of rotatable bonds is 4. The van der Waals surface area contributed by atoms with Crippen LogP contribution < -0.4 is 16.6 Å². The van der Waals surface area contributed by atoms with Crippen molar-refractivity contribution in [2.75, 3.05) is 12.3 Å². The lowest BCUT2D eigenvalue weighted by molar-refractivity contribution is -0.137. The van der Waals surface area contributed by atoms with Gasteiger partial charge in [0.05, 0.1) is 11.8 Å². The van der Waals surface area contributed by atoms with E-state index in [2.05, 4.69) is 20.3 Å². The number of carboxylic acids is 1. The Morgan fingerprint density at radius 1 is 1.42 bits per heavy atom. The molecule has 0 unspecified atom stereocenters. The Labute approximate surface area is 105 Å². The van der Waals surface area contributed by atoms with Gasteiger partial charge in [-0.05, 0) is 6.07 Å². The molecule has 19 heavy (non-hydrogen) atoms. The minimum Gasteiger partial charge on any atom is -0.480 e. The highest BCUT2D eigenvalue weighted by atomic mass is 16.4. The molecule has 0 bridgehead atoms. The molecule has 0 saturated carbocycles. The van der Waals surface area contributed by atoms with Crippen LogP contribution in [-0.4, -0.2) is 38.5 Å². The van der Waals surface area contributed by atoms with Gasteiger partial charge in [-0.15, -0.1) is 0 Å². The van der Waals surface area contributed by atoms with Crippen LogP contribution in [-0.2, 0) is 16.0 Å². The maximum absolute atomic E-state index is 11.5. The van der Waals surface area contributed by atoms with Gasteiger partial charge >= 0.3 is 5.97 Å². The summed E-state index contributed by atoms with van der Waals surface area (Å²) in [5, 5.41) is 10.9. The molecule has 9 nitrogen and oxygen atoms in total. The number of nitrogens with zero attached hydrogens (tertiary/aromatic N) is 1.